The summed E-state index contributed by atoms with van der Waals surface area (Å²) in [5.74, 6) is 0. The highest BCUT2D eigenvalue weighted by molar-refractivity contribution is 5.83. The number of pyridine rings is 3. The average molecular weight is 411 g/mol. The van der Waals surface area contributed by atoms with Gasteiger partial charge < -0.3 is 9.88 Å². The zero-order chi connectivity index (χ0) is 21.4. The zero-order valence-electron chi connectivity index (χ0n) is 18.1. The number of allylic oxidation sites excluding steroid dienone is 1. The van der Waals surface area contributed by atoms with Gasteiger partial charge in [0.1, 0.15) is 5.69 Å². The first-order valence-electron chi connectivity index (χ1n) is 10.7. The lowest BCUT2D eigenvalue weighted by molar-refractivity contribution is 0.277. The average Bonchev–Trinajstić information content (AvgIpc) is 3.28. The molecule has 6 nitrogen and oxygen atoms in total. The lowest BCUT2D eigenvalue weighted by atomic mass is 9.91. The molecule has 0 amide bonds. The SMILES string of the molecule is Cc1cccc(-c2nc[nH]c2-c2ccc3ncc(C4=CCC(N(C)C)CC4)cc3n2)n1. The lowest BCUT2D eigenvalue weighted by Crippen LogP contribution is -2.28. The van der Waals surface area contributed by atoms with Crippen molar-refractivity contribution in [3.63, 3.8) is 0 Å². The number of hydrogen-bond donors (Lipinski definition) is 1. The van der Waals surface area contributed by atoms with E-state index < -0.39 is 0 Å². The van der Waals surface area contributed by atoms with E-state index in [-0.39, 0.29) is 0 Å². The van der Waals surface area contributed by atoms with Gasteiger partial charge in [0.15, 0.2) is 0 Å². The van der Waals surface area contributed by atoms with Crippen LogP contribution in [0.3, 0.4) is 0 Å². The van der Waals surface area contributed by atoms with E-state index in [1.54, 1.807) is 6.33 Å². The van der Waals surface area contributed by atoms with Crippen LogP contribution in [0.25, 0.3) is 39.4 Å². The molecule has 156 valence electrons. The van der Waals surface area contributed by atoms with Gasteiger partial charge in [0, 0.05) is 17.9 Å². The first-order chi connectivity index (χ1) is 15.1. The fourth-order valence-electron chi connectivity index (χ4n) is 4.23. The van der Waals surface area contributed by atoms with E-state index in [0.717, 1.165) is 52.3 Å². The van der Waals surface area contributed by atoms with Gasteiger partial charge in [-0.3, -0.25) is 9.97 Å². The Balaban J connectivity index is 1.51. The molecule has 1 aliphatic carbocycles. The predicted molar refractivity (Wildman–Crippen MR) is 124 cm³/mol. The monoisotopic (exact) mass is 410 g/mol. The largest absolute Gasteiger partial charge is 0.343 e. The molecule has 0 aliphatic heterocycles. The van der Waals surface area contributed by atoms with Gasteiger partial charge in [0.05, 0.1) is 34.4 Å². The second-order valence-corrected chi connectivity index (χ2v) is 8.37. The number of hydrogen-bond acceptors (Lipinski definition) is 5. The van der Waals surface area contributed by atoms with Crippen LogP contribution in [0, 0.1) is 6.92 Å². The van der Waals surface area contributed by atoms with Crippen LogP contribution in [0.5, 0.6) is 0 Å². The van der Waals surface area contributed by atoms with E-state index in [1.807, 2.05) is 43.5 Å². The minimum absolute atomic E-state index is 0.621. The molecular formula is C25H26N6. The molecule has 4 aromatic rings. The maximum atomic E-state index is 4.93. The van der Waals surface area contributed by atoms with Crippen LogP contribution in [0.2, 0.25) is 0 Å². The van der Waals surface area contributed by atoms with Gasteiger partial charge in [-0.05, 0) is 81.7 Å². The fraction of sp³-hybridized carbons (Fsp3) is 0.280. The van der Waals surface area contributed by atoms with Crippen LogP contribution < -0.4 is 0 Å². The summed E-state index contributed by atoms with van der Waals surface area (Å²) in [7, 11) is 4.31. The zero-order valence-corrected chi connectivity index (χ0v) is 18.1. The number of nitrogens with one attached hydrogen (secondary N) is 1. The highest BCUT2D eigenvalue weighted by Crippen LogP contribution is 2.31. The Morgan fingerprint density at radius 2 is 1.90 bits per heavy atom. The van der Waals surface area contributed by atoms with Crippen LogP contribution in [0.4, 0.5) is 0 Å². The summed E-state index contributed by atoms with van der Waals surface area (Å²) in [6.07, 6.45) is 9.35. The van der Waals surface area contributed by atoms with E-state index >= 15 is 0 Å². The van der Waals surface area contributed by atoms with Gasteiger partial charge in [0.25, 0.3) is 0 Å². The number of aromatic nitrogens is 5. The molecule has 1 atom stereocenters. The quantitative estimate of drug-likeness (QED) is 0.519. The van der Waals surface area contributed by atoms with Crippen molar-refractivity contribution in [2.75, 3.05) is 14.1 Å². The molecule has 1 unspecified atom stereocenters. The summed E-state index contributed by atoms with van der Waals surface area (Å²) in [4.78, 5) is 24.3. The van der Waals surface area contributed by atoms with Gasteiger partial charge in [-0.25, -0.2) is 9.97 Å². The molecule has 0 fully saturated rings. The first-order valence-corrected chi connectivity index (χ1v) is 10.7. The van der Waals surface area contributed by atoms with Crippen LogP contribution >= 0.6 is 0 Å². The Hall–Kier alpha value is -3.38. The molecule has 4 heterocycles. The normalized spacial score (nSPS) is 16.6. The number of imidazole rings is 1. The van der Waals surface area contributed by atoms with Crippen LogP contribution in [-0.2, 0) is 0 Å². The van der Waals surface area contributed by atoms with E-state index in [2.05, 4.69) is 51.1 Å². The molecule has 0 aromatic carbocycles. The van der Waals surface area contributed by atoms with Crippen molar-refractivity contribution in [2.45, 2.75) is 32.2 Å². The molecule has 0 bridgehead atoms. The Bertz CT molecular complexity index is 1270. The molecule has 4 aromatic heterocycles. The van der Waals surface area contributed by atoms with E-state index in [4.69, 9.17) is 4.98 Å². The Labute approximate surface area is 182 Å². The number of H-pyrrole nitrogens is 1. The number of fused-ring (bicyclic) bond motifs is 1. The van der Waals surface area contributed by atoms with Gasteiger partial charge in [0.2, 0.25) is 0 Å². The van der Waals surface area contributed by atoms with Crippen molar-refractivity contribution in [3.8, 4) is 22.8 Å². The summed E-state index contributed by atoms with van der Waals surface area (Å²) < 4.78 is 0. The van der Waals surface area contributed by atoms with Crippen LogP contribution in [-0.4, -0.2) is 50.0 Å². The molecular weight excluding hydrogens is 384 g/mol. The van der Waals surface area contributed by atoms with Crippen molar-refractivity contribution in [2.24, 2.45) is 0 Å². The van der Waals surface area contributed by atoms with Crippen molar-refractivity contribution in [1.82, 2.24) is 29.8 Å². The third kappa shape index (κ3) is 3.86. The second-order valence-electron chi connectivity index (χ2n) is 8.37. The van der Waals surface area contributed by atoms with Crippen LogP contribution in [0.15, 0.2) is 55.0 Å². The van der Waals surface area contributed by atoms with Gasteiger partial charge in [-0.15, -0.1) is 0 Å². The molecule has 5 rings (SSSR count). The maximum Gasteiger partial charge on any atom is 0.116 e. The van der Waals surface area contributed by atoms with E-state index in [0.29, 0.717) is 6.04 Å². The minimum Gasteiger partial charge on any atom is -0.343 e. The number of aryl methyl sites for hydroxylation is 1. The highest BCUT2D eigenvalue weighted by atomic mass is 15.1. The summed E-state index contributed by atoms with van der Waals surface area (Å²) in [6.45, 7) is 1.98. The smallest absolute Gasteiger partial charge is 0.116 e. The summed E-state index contributed by atoms with van der Waals surface area (Å²) in [5.41, 5.74) is 8.64. The lowest BCUT2D eigenvalue weighted by Gasteiger charge is -2.27. The van der Waals surface area contributed by atoms with Gasteiger partial charge in [-0.1, -0.05) is 12.1 Å². The van der Waals surface area contributed by atoms with Gasteiger partial charge in [-0.2, -0.15) is 0 Å². The van der Waals surface area contributed by atoms with Crippen LogP contribution in [0.1, 0.15) is 30.5 Å². The number of nitrogens with zero attached hydrogens (tertiary/aromatic N) is 5. The molecule has 31 heavy (non-hydrogen) atoms. The minimum atomic E-state index is 0.621. The van der Waals surface area contributed by atoms with Crippen molar-refractivity contribution in [1.29, 1.82) is 0 Å². The molecule has 6 heteroatoms. The van der Waals surface area contributed by atoms with Crippen molar-refractivity contribution < 1.29 is 0 Å². The molecule has 0 saturated heterocycles. The Morgan fingerprint density at radius 3 is 2.68 bits per heavy atom. The topological polar surface area (TPSA) is 70.6 Å². The molecule has 0 saturated carbocycles. The predicted octanol–water partition coefficient (Wildman–Crippen LogP) is 4.89. The Morgan fingerprint density at radius 1 is 1.00 bits per heavy atom. The van der Waals surface area contributed by atoms with E-state index in [1.165, 1.54) is 17.6 Å². The fourth-order valence-corrected chi connectivity index (χ4v) is 4.23. The number of rotatable bonds is 4. The molecule has 0 spiro atoms. The van der Waals surface area contributed by atoms with Gasteiger partial charge >= 0.3 is 0 Å². The second kappa shape index (κ2) is 8.04. The van der Waals surface area contributed by atoms with E-state index in [9.17, 15) is 0 Å². The van der Waals surface area contributed by atoms with Crippen molar-refractivity contribution in [3.05, 3.63) is 66.3 Å². The summed E-state index contributed by atoms with van der Waals surface area (Å²) in [5, 5.41) is 0. The summed E-state index contributed by atoms with van der Waals surface area (Å²) >= 11 is 0. The highest BCUT2D eigenvalue weighted by Gasteiger charge is 2.18. The number of aromatic amines is 1. The summed E-state index contributed by atoms with van der Waals surface area (Å²) in [6, 6.07) is 12.8. The molecule has 1 aliphatic rings. The first kappa shape index (κ1) is 19.6. The Kier molecular flexibility index (Phi) is 5.08. The standard InChI is InChI=1S/C25H26N6/c1-16-5-4-6-21(29-16)24-25(28-15-27-24)22-12-11-20-23(30-22)13-18(14-26-20)17-7-9-19(10-8-17)31(2)3/h4-7,11-15,19H,8-10H2,1-3H3,(H,27,28). The molecule has 0 radical (unpaired) electrons. The third-order valence-corrected chi connectivity index (χ3v) is 6.05. The van der Waals surface area contributed by atoms with Crippen molar-refractivity contribution >= 4 is 16.6 Å². The maximum absolute atomic E-state index is 4.93. The molecule has 1 N–H and O–H groups in total. The third-order valence-electron chi connectivity index (χ3n) is 6.05.